The lowest BCUT2D eigenvalue weighted by atomic mass is 9.93. The maximum Gasteiger partial charge on any atom is 0.420 e. The van der Waals surface area contributed by atoms with E-state index in [0.717, 1.165) is 16.4 Å². The quantitative estimate of drug-likeness (QED) is 0.443. The number of hydrogen-bond donors (Lipinski definition) is 1. The van der Waals surface area contributed by atoms with Gasteiger partial charge in [-0.25, -0.2) is 8.42 Å². The third-order valence-electron chi connectivity index (χ3n) is 5.93. The Morgan fingerprint density at radius 2 is 1.94 bits per heavy atom. The van der Waals surface area contributed by atoms with E-state index < -0.39 is 44.4 Å². The van der Waals surface area contributed by atoms with Gasteiger partial charge in [-0.15, -0.1) is 0 Å². The molecule has 1 aliphatic carbocycles. The van der Waals surface area contributed by atoms with E-state index in [-0.39, 0.29) is 12.3 Å². The molecule has 1 heterocycles. The molecular formula is C23H21ClF3N3O5S. The van der Waals surface area contributed by atoms with Crippen LogP contribution >= 0.6 is 11.6 Å². The standard InChI is InChI=1S/C23H21ClF3N3O5S/c1-29(19-3-2-4-20-17(19)12-28-30(20)13-22(31)32)36(33,34)16-9-10-21(18(11-16)23(25,26)27)35-15-7-5-14(24)6-8-15/h5-12,19H,2-4,13H2,1H3,(H,31,32)/t19-/m1/s1. The van der Waals surface area contributed by atoms with Crippen molar-refractivity contribution in [3.8, 4) is 11.5 Å². The summed E-state index contributed by atoms with van der Waals surface area (Å²) < 4.78 is 76.1. The first kappa shape index (κ1) is 26.0. The Labute approximate surface area is 209 Å². The fourth-order valence-electron chi connectivity index (χ4n) is 4.18. The van der Waals surface area contributed by atoms with Gasteiger partial charge in [-0.05, 0) is 61.7 Å². The maximum absolute atomic E-state index is 13.9. The topological polar surface area (TPSA) is 102 Å². The van der Waals surface area contributed by atoms with E-state index in [1.54, 1.807) is 0 Å². The molecule has 0 spiro atoms. The Bertz CT molecular complexity index is 1390. The van der Waals surface area contributed by atoms with Gasteiger partial charge in [0.1, 0.15) is 18.0 Å². The van der Waals surface area contributed by atoms with Crippen LogP contribution in [0.5, 0.6) is 11.5 Å². The van der Waals surface area contributed by atoms with E-state index in [1.165, 1.54) is 42.2 Å². The number of sulfonamides is 1. The zero-order chi connectivity index (χ0) is 26.3. The normalized spacial score (nSPS) is 16.1. The highest BCUT2D eigenvalue weighted by Crippen LogP contribution is 2.41. The number of alkyl halides is 3. The second kappa shape index (κ2) is 9.75. The van der Waals surface area contributed by atoms with Gasteiger partial charge in [0.25, 0.3) is 0 Å². The minimum absolute atomic E-state index is 0.103. The van der Waals surface area contributed by atoms with Crippen molar-refractivity contribution in [2.24, 2.45) is 0 Å². The third-order valence-corrected chi connectivity index (χ3v) is 8.04. The number of fused-ring (bicyclic) bond motifs is 1. The van der Waals surface area contributed by atoms with Crippen molar-refractivity contribution in [1.82, 2.24) is 14.1 Å². The van der Waals surface area contributed by atoms with Crippen LogP contribution in [-0.4, -0.2) is 40.6 Å². The fourth-order valence-corrected chi connectivity index (χ4v) is 5.70. The molecule has 1 atom stereocenters. The lowest BCUT2D eigenvalue weighted by Crippen LogP contribution is -2.33. The number of aromatic nitrogens is 2. The predicted octanol–water partition coefficient (Wildman–Crippen LogP) is 5.13. The lowest BCUT2D eigenvalue weighted by molar-refractivity contribution is -0.139. The van der Waals surface area contributed by atoms with Gasteiger partial charge in [0.05, 0.1) is 22.7 Å². The average Bonchev–Trinajstić information content (AvgIpc) is 3.21. The molecule has 1 N–H and O–H groups in total. The Balaban J connectivity index is 1.68. The number of rotatable bonds is 7. The lowest BCUT2D eigenvalue weighted by Gasteiger charge is -2.31. The molecule has 0 aliphatic heterocycles. The van der Waals surface area contributed by atoms with Crippen LogP contribution < -0.4 is 4.74 Å². The molecule has 2 aromatic carbocycles. The van der Waals surface area contributed by atoms with Crippen LogP contribution in [0, 0.1) is 0 Å². The van der Waals surface area contributed by atoms with Crippen LogP contribution in [0.1, 0.15) is 35.7 Å². The molecule has 0 saturated heterocycles. The SMILES string of the molecule is CN([C@@H]1CCCc2c1cnn2CC(=O)O)S(=O)(=O)c1ccc(Oc2ccc(Cl)cc2)c(C(F)(F)F)c1. The molecule has 4 rings (SSSR count). The van der Waals surface area contributed by atoms with Crippen LogP contribution in [0.4, 0.5) is 13.2 Å². The largest absolute Gasteiger partial charge is 0.480 e. The molecule has 0 saturated carbocycles. The minimum Gasteiger partial charge on any atom is -0.480 e. The van der Waals surface area contributed by atoms with Gasteiger partial charge in [-0.3, -0.25) is 9.48 Å². The fraction of sp³-hybridized carbons (Fsp3) is 0.304. The van der Waals surface area contributed by atoms with Crippen molar-refractivity contribution < 1.29 is 36.2 Å². The first-order valence-electron chi connectivity index (χ1n) is 10.8. The van der Waals surface area contributed by atoms with Crippen molar-refractivity contribution in [3.05, 3.63) is 70.5 Å². The van der Waals surface area contributed by atoms with Crippen LogP contribution in [0.15, 0.2) is 53.6 Å². The van der Waals surface area contributed by atoms with Gasteiger partial charge in [-0.2, -0.15) is 22.6 Å². The van der Waals surface area contributed by atoms with E-state index in [1.807, 2.05) is 0 Å². The number of carbonyl (C=O) groups is 1. The third kappa shape index (κ3) is 5.20. The number of aliphatic carboxylic acids is 1. The maximum atomic E-state index is 13.9. The number of ether oxygens (including phenoxy) is 1. The Kier molecular flexibility index (Phi) is 7.04. The minimum atomic E-state index is -4.89. The number of nitrogens with zero attached hydrogens (tertiary/aromatic N) is 3. The van der Waals surface area contributed by atoms with Crippen molar-refractivity contribution in [3.63, 3.8) is 0 Å². The molecule has 0 unspecified atom stereocenters. The summed E-state index contributed by atoms with van der Waals surface area (Å²) in [7, 11) is -3.08. The van der Waals surface area contributed by atoms with E-state index in [9.17, 15) is 26.4 Å². The van der Waals surface area contributed by atoms with E-state index >= 15 is 0 Å². The highest BCUT2D eigenvalue weighted by Gasteiger charge is 2.39. The van der Waals surface area contributed by atoms with Crippen molar-refractivity contribution in [2.75, 3.05) is 7.05 Å². The second-order valence-corrected chi connectivity index (χ2v) is 10.7. The van der Waals surface area contributed by atoms with Gasteiger partial charge in [0, 0.05) is 23.3 Å². The number of halogens is 4. The van der Waals surface area contributed by atoms with Crippen LogP contribution in [0.25, 0.3) is 0 Å². The second-order valence-electron chi connectivity index (χ2n) is 8.24. The molecule has 1 aromatic heterocycles. The van der Waals surface area contributed by atoms with Gasteiger partial charge in [0.15, 0.2) is 0 Å². The Morgan fingerprint density at radius 3 is 2.58 bits per heavy atom. The summed E-state index contributed by atoms with van der Waals surface area (Å²) in [5.41, 5.74) is -0.115. The van der Waals surface area contributed by atoms with Crippen molar-refractivity contribution in [1.29, 1.82) is 0 Å². The number of hydrogen-bond acceptors (Lipinski definition) is 5. The summed E-state index contributed by atoms with van der Waals surface area (Å²) in [6, 6.07) is 7.57. The number of benzene rings is 2. The summed E-state index contributed by atoms with van der Waals surface area (Å²) >= 11 is 5.80. The molecule has 3 aromatic rings. The molecule has 36 heavy (non-hydrogen) atoms. The summed E-state index contributed by atoms with van der Waals surface area (Å²) in [6.07, 6.45) is -1.99. The Morgan fingerprint density at radius 1 is 1.25 bits per heavy atom. The van der Waals surface area contributed by atoms with Gasteiger partial charge < -0.3 is 9.84 Å². The van der Waals surface area contributed by atoms with E-state index in [4.69, 9.17) is 21.4 Å². The molecule has 1 aliphatic rings. The number of carboxylic acid groups (broad SMARTS) is 1. The highest BCUT2D eigenvalue weighted by atomic mass is 35.5. The first-order chi connectivity index (χ1) is 16.9. The van der Waals surface area contributed by atoms with Crippen LogP contribution in [0.3, 0.4) is 0 Å². The Hall–Kier alpha value is -3.09. The molecule has 0 bridgehead atoms. The van der Waals surface area contributed by atoms with Gasteiger partial charge >= 0.3 is 12.1 Å². The first-order valence-corrected chi connectivity index (χ1v) is 12.6. The molecule has 0 radical (unpaired) electrons. The monoisotopic (exact) mass is 543 g/mol. The molecule has 8 nitrogen and oxygen atoms in total. The van der Waals surface area contributed by atoms with E-state index in [2.05, 4.69) is 5.10 Å². The summed E-state index contributed by atoms with van der Waals surface area (Å²) in [6.45, 7) is -0.372. The zero-order valence-electron chi connectivity index (χ0n) is 18.9. The summed E-state index contributed by atoms with van der Waals surface area (Å²) in [5.74, 6) is -1.54. The van der Waals surface area contributed by atoms with Crippen LogP contribution in [-0.2, 0) is 34.0 Å². The van der Waals surface area contributed by atoms with E-state index in [0.29, 0.717) is 41.6 Å². The summed E-state index contributed by atoms with van der Waals surface area (Å²) in [4.78, 5) is 10.6. The number of carboxylic acids is 1. The van der Waals surface area contributed by atoms with Crippen molar-refractivity contribution >= 4 is 27.6 Å². The molecular weight excluding hydrogens is 523 g/mol. The smallest absolute Gasteiger partial charge is 0.420 e. The molecule has 0 fully saturated rings. The summed E-state index contributed by atoms with van der Waals surface area (Å²) in [5, 5.41) is 13.5. The van der Waals surface area contributed by atoms with Gasteiger partial charge in [0.2, 0.25) is 10.0 Å². The van der Waals surface area contributed by atoms with Gasteiger partial charge in [-0.1, -0.05) is 11.6 Å². The molecule has 0 amide bonds. The molecule has 192 valence electrons. The van der Waals surface area contributed by atoms with Crippen molar-refractivity contribution in [2.45, 2.75) is 42.9 Å². The van der Waals surface area contributed by atoms with Crippen LogP contribution in [0.2, 0.25) is 5.02 Å². The molecule has 13 heteroatoms. The highest BCUT2D eigenvalue weighted by molar-refractivity contribution is 7.89. The average molecular weight is 544 g/mol. The zero-order valence-corrected chi connectivity index (χ0v) is 20.4. The predicted molar refractivity (Wildman–Crippen MR) is 123 cm³/mol.